The molecule has 1 aromatic heterocycles. The second-order valence-electron chi connectivity index (χ2n) is 3.52. The molecular weight excluding hydrogens is 375 g/mol. The van der Waals surface area contributed by atoms with E-state index in [1.165, 1.54) is 11.3 Å². The molecule has 19 heavy (non-hydrogen) atoms. The highest BCUT2D eigenvalue weighted by Gasteiger charge is 2.17. The molecule has 0 saturated heterocycles. The lowest BCUT2D eigenvalue weighted by atomic mass is 10.1. The average molecular weight is 382 g/mol. The summed E-state index contributed by atoms with van der Waals surface area (Å²) in [4.78, 5) is 16.0. The molecule has 1 heterocycles. The van der Waals surface area contributed by atoms with E-state index in [1.807, 2.05) is 0 Å². The van der Waals surface area contributed by atoms with Crippen LogP contribution >= 0.6 is 50.5 Å². The molecule has 2 aromatic rings. The van der Waals surface area contributed by atoms with Gasteiger partial charge in [-0.1, -0.05) is 23.2 Å². The predicted molar refractivity (Wildman–Crippen MR) is 80.6 cm³/mol. The SMILES string of the molecule is O=C(O)c1c(NCc2cnc(Cl)s2)ccc(Br)c1Cl. The summed E-state index contributed by atoms with van der Waals surface area (Å²) in [5.41, 5.74) is 0.483. The van der Waals surface area contributed by atoms with Gasteiger partial charge in [-0.15, -0.1) is 11.3 Å². The van der Waals surface area contributed by atoms with E-state index >= 15 is 0 Å². The maximum Gasteiger partial charge on any atom is 0.339 e. The quantitative estimate of drug-likeness (QED) is 0.816. The molecule has 0 spiro atoms. The summed E-state index contributed by atoms with van der Waals surface area (Å²) in [5, 5.41) is 12.4. The molecule has 0 amide bonds. The summed E-state index contributed by atoms with van der Waals surface area (Å²) in [6.07, 6.45) is 1.64. The van der Waals surface area contributed by atoms with E-state index in [0.717, 1.165) is 4.88 Å². The normalized spacial score (nSPS) is 10.5. The minimum Gasteiger partial charge on any atom is -0.478 e. The monoisotopic (exact) mass is 380 g/mol. The van der Waals surface area contributed by atoms with Crippen LogP contribution in [0.25, 0.3) is 0 Å². The van der Waals surface area contributed by atoms with Gasteiger partial charge < -0.3 is 10.4 Å². The molecule has 8 heteroatoms. The molecule has 0 saturated carbocycles. The van der Waals surface area contributed by atoms with Crippen LogP contribution in [0.5, 0.6) is 0 Å². The van der Waals surface area contributed by atoms with Gasteiger partial charge in [-0.2, -0.15) is 0 Å². The van der Waals surface area contributed by atoms with Crippen LogP contribution < -0.4 is 5.32 Å². The molecule has 2 rings (SSSR count). The summed E-state index contributed by atoms with van der Waals surface area (Å²) in [5.74, 6) is -1.09. The van der Waals surface area contributed by atoms with Crippen molar-refractivity contribution in [3.8, 4) is 0 Å². The number of carboxylic acid groups (broad SMARTS) is 1. The van der Waals surface area contributed by atoms with Crippen LogP contribution in [-0.4, -0.2) is 16.1 Å². The van der Waals surface area contributed by atoms with Crippen molar-refractivity contribution < 1.29 is 9.90 Å². The molecular formula is C11H7BrCl2N2O2S. The van der Waals surface area contributed by atoms with Gasteiger partial charge in [0, 0.05) is 15.5 Å². The fourth-order valence-electron chi connectivity index (χ4n) is 1.45. The van der Waals surface area contributed by atoms with Crippen LogP contribution in [0.15, 0.2) is 22.8 Å². The number of thiazole rings is 1. The van der Waals surface area contributed by atoms with E-state index in [2.05, 4.69) is 26.2 Å². The maximum absolute atomic E-state index is 11.2. The molecule has 100 valence electrons. The highest BCUT2D eigenvalue weighted by molar-refractivity contribution is 9.10. The highest BCUT2D eigenvalue weighted by Crippen LogP contribution is 2.32. The Morgan fingerprint density at radius 1 is 1.47 bits per heavy atom. The van der Waals surface area contributed by atoms with Gasteiger partial charge in [0.15, 0.2) is 4.47 Å². The molecule has 2 N–H and O–H groups in total. The topological polar surface area (TPSA) is 62.2 Å². The average Bonchev–Trinajstić information content (AvgIpc) is 2.76. The fourth-order valence-corrected chi connectivity index (χ4v) is 2.95. The van der Waals surface area contributed by atoms with Crippen molar-refractivity contribution in [1.82, 2.24) is 4.98 Å². The number of rotatable bonds is 4. The van der Waals surface area contributed by atoms with Crippen LogP contribution in [0.2, 0.25) is 9.49 Å². The van der Waals surface area contributed by atoms with Gasteiger partial charge in [0.2, 0.25) is 0 Å². The molecule has 0 bridgehead atoms. The second-order valence-corrected chi connectivity index (χ2v) is 6.45. The van der Waals surface area contributed by atoms with E-state index in [1.54, 1.807) is 18.3 Å². The molecule has 0 aliphatic rings. The number of hydrogen-bond donors (Lipinski definition) is 2. The number of anilines is 1. The first-order chi connectivity index (χ1) is 8.99. The molecule has 0 radical (unpaired) electrons. The van der Waals surface area contributed by atoms with Gasteiger partial charge in [-0.25, -0.2) is 9.78 Å². The van der Waals surface area contributed by atoms with Gasteiger partial charge in [0.1, 0.15) is 5.56 Å². The van der Waals surface area contributed by atoms with Crippen LogP contribution in [0.1, 0.15) is 15.2 Å². The lowest BCUT2D eigenvalue weighted by molar-refractivity contribution is 0.0698. The Balaban J connectivity index is 2.25. The standard InChI is InChI=1S/C11H7BrCl2N2O2S/c12-6-1-2-7(8(9(6)13)10(17)18)15-3-5-4-16-11(14)19-5/h1-2,4,15H,3H2,(H,17,18). The third kappa shape index (κ3) is 3.39. The molecule has 0 unspecified atom stereocenters. The van der Waals surface area contributed by atoms with Crippen LogP contribution in [-0.2, 0) is 6.54 Å². The number of aromatic carboxylic acids is 1. The number of nitrogens with one attached hydrogen (secondary N) is 1. The van der Waals surface area contributed by atoms with Gasteiger partial charge in [-0.05, 0) is 28.1 Å². The largest absolute Gasteiger partial charge is 0.478 e. The first-order valence-electron chi connectivity index (χ1n) is 5.04. The van der Waals surface area contributed by atoms with E-state index in [9.17, 15) is 9.90 Å². The van der Waals surface area contributed by atoms with Crippen LogP contribution in [0, 0.1) is 0 Å². The zero-order valence-corrected chi connectivity index (χ0v) is 13.2. The van der Waals surface area contributed by atoms with Crippen molar-refractivity contribution in [3.63, 3.8) is 0 Å². The van der Waals surface area contributed by atoms with Crippen molar-refractivity contribution in [3.05, 3.63) is 42.7 Å². The van der Waals surface area contributed by atoms with Crippen LogP contribution in [0.3, 0.4) is 0 Å². The van der Waals surface area contributed by atoms with E-state index < -0.39 is 5.97 Å². The Morgan fingerprint density at radius 3 is 2.79 bits per heavy atom. The third-order valence-electron chi connectivity index (χ3n) is 2.29. The Hall–Kier alpha value is -0.820. The Kier molecular flexibility index (Phi) is 4.67. The van der Waals surface area contributed by atoms with E-state index in [-0.39, 0.29) is 10.6 Å². The van der Waals surface area contributed by atoms with Crippen molar-refractivity contribution in [2.45, 2.75) is 6.54 Å². The zero-order chi connectivity index (χ0) is 14.0. The van der Waals surface area contributed by atoms with Gasteiger partial charge in [-0.3, -0.25) is 0 Å². The zero-order valence-electron chi connectivity index (χ0n) is 9.28. The number of carbonyl (C=O) groups is 1. The van der Waals surface area contributed by atoms with Crippen LogP contribution in [0.4, 0.5) is 5.69 Å². The number of nitrogens with zero attached hydrogens (tertiary/aromatic N) is 1. The minimum atomic E-state index is -1.09. The van der Waals surface area contributed by atoms with Crippen molar-refractivity contribution >= 4 is 62.1 Å². The third-order valence-corrected chi connectivity index (χ3v) is 4.68. The lowest BCUT2D eigenvalue weighted by Crippen LogP contribution is -2.06. The molecule has 4 nitrogen and oxygen atoms in total. The molecule has 0 atom stereocenters. The Morgan fingerprint density at radius 2 is 2.21 bits per heavy atom. The van der Waals surface area contributed by atoms with Gasteiger partial charge in [0.05, 0.1) is 17.3 Å². The molecule has 0 aliphatic heterocycles. The summed E-state index contributed by atoms with van der Waals surface area (Å²) in [6, 6.07) is 3.35. The molecule has 0 fully saturated rings. The Bertz CT molecular complexity index is 633. The van der Waals surface area contributed by atoms with Crippen molar-refractivity contribution in [2.75, 3.05) is 5.32 Å². The minimum absolute atomic E-state index is 0.0339. The smallest absolute Gasteiger partial charge is 0.339 e. The molecule has 1 aromatic carbocycles. The fraction of sp³-hybridized carbons (Fsp3) is 0.0909. The number of carboxylic acids is 1. The molecule has 0 aliphatic carbocycles. The van der Waals surface area contributed by atoms with Gasteiger partial charge >= 0.3 is 5.97 Å². The summed E-state index contributed by atoms with van der Waals surface area (Å²) < 4.78 is 0.988. The van der Waals surface area contributed by atoms with Crippen molar-refractivity contribution in [1.29, 1.82) is 0 Å². The lowest BCUT2D eigenvalue weighted by Gasteiger charge is -2.11. The number of halogens is 3. The first-order valence-corrected chi connectivity index (χ1v) is 7.41. The van der Waals surface area contributed by atoms with Gasteiger partial charge in [0.25, 0.3) is 0 Å². The highest BCUT2D eigenvalue weighted by atomic mass is 79.9. The van der Waals surface area contributed by atoms with E-state index in [4.69, 9.17) is 23.2 Å². The second kappa shape index (κ2) is 6.09. The number of benzene rings is 1. The predicted octanol–water partition coefficient (Wildman–Crippen LogP) is 4.52. The van der Waals surface area contributed by atoms with E-state index in [0.29, 0.717) is 21.2 Å². The summed E-state index contributed by atoms with van der Waals surface area (Å²) >= 11 is 16.2. The number of hydrogen-bond acceptors (Lipinski definition) is 4. The number of aromatic nitrogens is 1. The first kappa shape index (κ1) is 14.6. The summed E-state index contributed by atoms with van der Waals surface area (Å²) in [6.45, 7) is 0.433. The Labute approximate surface area is 131 Å². The summed E-state index contributed by atoms with van der Waals surface area (Å²) in [7, 11) is 0. The van der Waals surface area contributed by atoms with Crippen molar-refractivity contribution in [2.24, 2.45) is 0 Å². The maximum atomic E-state index is 11.2.